The average molecular weight is 283 g/mol. The summed E-state index contributed by atoms with van der Waals surface area (Å²) >= 11 is 0. The first-order chi connectivity index (χ1) is 9.48. The van der Waals surface area contributed by atoms with Gasteiger partial charge in [0.15, 0.2) is 0 Å². The first-order valence-corrected chi connectivity index (χ1v) is 7.22. The van der Waals surface area contributed by atoms with E-state index in [1.165, 1.54) is 18.2 Å². The Morgan fingerprint density at radius 1 is 1.30 bits per heavy atom. The molecule has 0 aromatic heterocycles. The third-order valence-corrected chi connectivity index (χ3v) is 4.69. The van der Waals surface area contributed by atoms with E-state index in [1.807, 2.05) is 0 Å². The Kier molecular flexibility index (Phi) is 4.76. The Labute approximate surface area is 119 Å². The van der Waals surface area contributed by atoms with E-state index in [0.29, 0.717) is 5.92 Å². The maximum absolute atomic E-state index is 13.7. The van der Waals surface area contributed by atoms with Crippen molar-refractivity contribution in [1.82, 2.24) is 0 Å². The van der Waals surface area contributed by atoms with Crippen molar-refractivity contribution in [2.75, 3.05) is 7.11 Å². The van der Waals surface area contributed by atoms with Crippen LogP contribution < -0.4 is 5.73 Å². The summed E-state index contributed by atoms with van der Waals surface area (Å²) in [6.07, 6.45) is 3.95. The number of ether oxygens (including phenoxy) is 1. The normalized spacial score (nSPS) is 28.4. The van der Waals surface area contributed by atoms with Crippen LogP contribution in [0.2, 0.25) is 0 Å². The number of hydrogen-bond donors (Lipinski definition) is 1. The van der Waals surface area contributed by atoms with Gasteiger partial charge in [0.2, 0.25) is 0 Å². The van der Waals surface area contributed by atoms with E-state index in [1.54, 1.807) is 7.11 Å². The molecule has 0 aliphatic heterocycles. The van der Waals surface area contributed by atoms with Crippen molar-refractivity contribution in [2.24, 2.45) is 11.7 Å². The van der Waals surface area contributed by atoms with Crippen LogP contribution in [0.25, 0.3) is 0 Å². The smallest absolute Gasteiger partial charge is 0.129 e. The Bertz CT molecular complexity index is 436. The lowest BCUT2D eigenvalue weighted by molar-refractivity contribution is -0.0661. The Balaban J connectivity index is 2.15. The van der Waals surface area contributed by atoms with Gasteiger partial charge in [0.1, 0.15) is 11.6 Å². The summed E-state index contributed by atoms with van der Waals surface area (Å²) in [6, 6.07) is 3.52. The number of benzene rings is 1. The molecule has 1 aromatic carbocycles. The van der Waals surface area contributed by atoms with E-state index in [2.05, 4.69) is 6.92 Å². The quantitative estimate of drug-likeness (QED) is 0.919. The zero-order valence-corrected chi connectivity index (χ0v) is 12.2. The highest BCUT2D eigenvalue weighted by molar-refractivity contribution is 5.21. The van der Waals surface area contributed by atoms with E-state index < -0.39 is 23.3 Å². The van der Waals surface area contributed by atoms with Gasteiger partial charge in [-0.05, 0) is 50.2 Å². The highest BCUT2D eigenvalue weighted by atomic mass is 19.1. The van der Waals surface area contributed by atoms with Gasteiger partial charge in [0.25, 0.3) is 0 Å². The second-order valence-corrected chi connectivity index (χ2v) is 5.96. The molecule has 0 radical (unpaired) electrons. The molecule has 0 amide bonds. The van der Waals surface area contributed by atoms with Crippen LogP contribution in [-0.2, 0) is 11.2 Å². The van der Waals surface area contributed by atoms with E-state index in [4.69, 9.17) is 10.5 Å². The summed E-state index contributed by atoms with van der Waals surface area (Å²) in [6.45, 7) is 2.21. The molecule has 112 valence electrons. The number of methoxy groups -OCH3 is 1. The fourth-order valence-electron chi connectivity index (χ4n) is 3.11. The van der Waals surface area contributed by atoms with Crippen molar-refractivity contribution in [2.45, 2.75) is 50.7 Å². The first kappa shape index (κ1) is 15.4. The van der Waals surface area contributed by atoms with Gasteiger partial charge in [-0.25, -0.2) is 8.78 Å². The fourth-order valence-corrected chi connectivity index (χ4v) is 3.11. The van der Waals surface area contributed by atoms with Gasteiger partial charge in [-0.1, -0.05) is 13.0 Å². The molecular weight excluding hydrogens is 260 g/mol. The van der Waals surface area contributed by atoms with Crippen LogP contribution in [0, 0.1) is 17.6 Å². The van der Waals surface area contributed by atoms with Gasteiger partial charge in [0, 0.05) is 18.7 Å². The zero-order chi connectivity index (χ0) is 14.8. The van der Waals surface area contributed by atoms with Gasteiger partial charge in [-0.2, -0.15) is 0 Å². The van der Waals surface area contributed by atoms with Crippen LogP contribution in [0.4, 0.5) is 8.78 Å². The lowest BCUT2D eigenvalue weighted by atomic mass is 9.74. The molecule has 0 saturated heterocycles. The third kappa shape index (κ3) is 3.01. The van der Waals surface area contributed by atoms with E-state index >= 15 is 0 Å². The van der Waals surface area contributed by atoms with Crippen molar-refractivity contribution >= 4 is 0 Å². The molecule has 1 aromatic rings. The topological polar surface area (TPSA) is 35.2 Å². The Morgan fingerprint density at radius 2 is 1.85 bits per heavy atom. The molecule has 1 saturated carbocycles. The van der Waals surface area contributed by atoms with E-state index in [-0.39, 0.29) is 12.0 Å². The fraction of sp³-hybridized carbons (Fsp3) is 0.625. The molecule has 1 atom stereocenters. The monoisotopic (exact) mass is 283 g/mol. The predicted octanol–water partition coefficient (Wildman–Crippen LogP) is 3.43. The van der Waals surface area contributed by atoms with Crippen molar-refractivity contribution in [3.63, 3.8) is 0 Å². The summed E-state index contributed by atoms with van der Waals surface area (Å²) in [4.78, 5) is 0. The van der Waals surface area contributed by atoms with Crippen LogP contribution in [0.1, 0.15) is 38.2 Å². The number of nitrogens with two attached hydrogens (primary N) is 1. The summed E-state index contributed by atoms with van der Waals surface area (Å²) in [7, 11) is 1.65. The van der Waals surface area contributed by atoms with Crippen LogP contribution in [0.5, 0.6) is 0 Å². The highest BCUT2D eigenvalue weighted by Gasteiger charge is 2.40. The molecule has 20 heavy (non-hydrogen) atoms. The molecule has 0 spiro atoms. The summed E-state index contributed by atoms with van der Waals surface area (Å²) in [5.41, 5.74) is 5.86. The molecule has 0 heterocycles. The van der Waals surface area contributed by atoms with Crippen LogP contribution in [-0.4, -0.2) is 18.8 Å². The minimum absolute atomic E-state index is 0.0649. The van der Waals surface area contributed by atoms with Crippen LogP contribution in [0.15, 0.2) is 18.2 Å². The minimum atomic E-state index is -0.532. The predicted molar refractivity (Wildman–Crippen MR) is 75.4 cm³/mol. The first-order valence-electron chi connectivity index (χ1n) is 7.22. The Hall–Kier alpha value is -1.00. The molecule has 1 aliphatic rings. The molecular formula is C16H23F2NO. The molecule has 2 rings (SSSR count). The van der Waals surface area contributed by atoms with Gasteiger partial charge in [-0.15, -0.1) is 0 Å². The maximum Gasteiger partial charge on any atom is 0.129 e. The summed E-state index contributed by atoms with van der Waals surface area (Å²) < 4.78 is 33.1. The molecule has 0 bridgehead atoms. The van der Waals surface area contributed by atoms with Gasteiger partial charge in [0.05, 0.1) is 5.60 Å². The third-order valence-electron chi connectivity index (χ3n) is 4.69. The van der Waals surface area contributed by atoms with Crippen molar-refractivity contribution in [3.05, 3.63) is 35.4 Å². The van der Waals surface area contributed by atoms with Crippen molar-refractivity contribution in [3.8, 4) is 0 Å². The van der Waals surface area contributed by atoms with Crippen LogP contribution >= 0.6 is 0 Å². The molecule has 2 nitrogen and oxygen atoms in total. The second kappa shape index (κ2) is 6.19. The van der Waals surface area contributed by atoms with Gasteiger partial charge in [-0.3, -0.25) is 0 Å². The minimum Gasteiger partial charge on any atom is -0.377 e. The van der Waals surface area contributed by atoms with E-state index in [9.17, 15) is 8.78 Å². The molecule has 1 fully saturated rings. The number of rotatable bonds is 4. The van der Waals surface area contributed by atoms with Gasteiger partial charge >= 0.3 is 0 Å². The van der Waals surface area contributed by atoms with E-state index in [0.717, 1.165) is 25.7 Å². The van der Waals surface area contributed by atoms with Crippen molar-refractivity contribution in [1.29, 1.82) is 0 Å². The molecule has 4 heteroatoms. The number of halogens is 2. The van der Waals surface area contributed by atoms with Gasteiger partial charge < -0.3 is 10.5 Å². The molecule has 1 aliphatic carbocycles. The second-order valence-electron chi connectivity index (χ2n) is 5.96. The highest BCUT2D eigenvalue weighted by Crippen LogP contribution is 2.37. The summed E-state index contributed by atoms with van der Waals surface area (Å²) in [5.74, 6) is -0.401. The Morgan fingerprint density at radius 3 is 2.35 bits per heavy atom. The standard InChI is InChI=1S/C16H23F2NO/c1-11-6-8-16(20-2,9-7-11)15(19)10-12-13(17)4-3-5-14(12)18/h3-5,11,15H,6-10,19H2,1-2H3. The zero-order valence-electron chi connectivity index (χ0n) is 12.2. The largest absolute Gasteiger partial charge is 0.377 e. The average Bonchev–Trinajstić information content (AvgIpc) is 2.44. The lowest BCUT2D eigenvalue weighted by Crippen LogP contribution is -2.52. The maximum atomic E-state index is 13.7. The SMILES string of the molecule is COC1(C(N)Cc2c(F)cccc2F)CCC(C)CC1. The molecule has 1 unspecified atom stereocenters. The number of hydrogen-bond acceptors (Lipinski definition) is 2. The van der Waals surface area contributed by atoms with Crippen LogP contribution in [0.3, 0.4) is 0 Å². The van der Waals surface area contributed by atoms with Crippen molar-refractivity contribution < 1.29 is 13.5 Å². The molecule has 2 N–H and O–H groups in total. The summed E-state index contributed by atoms with van der Waals surface area (Å²) in [5, 5.41) is 0. The lowest BCUT2D eigenvalue weighted by Gasteiger charge is -2.42.